The number of halogens is 1. The first-order valence-electron chi connectivity index (χ1n) is 5.06. The highest BCUT2D eigenvalue weighted by molar-refractivity contribution is 6.33. The summed E-state index contributed by atoms with van der Waals surface area (Å²) in [5, 5.41) is 0.711. The van der Waals surface area contributed by atoms with Crippen molar-refractivity contribution >= 4 is 17.3 Å². The van der Waals surface area contributed by atoms with Gasteiger partial charge in [0.2, 0.25) is 0 Å². The lowest BCUT2D eigenvalue weighted by Gasteiger charge is -2.10. The second-order valence-electron chi connectivity index (χ2n) is 3.88. The van der Waals surface area contributed by atoms with Crippen LogP contribution in [0.3, 0.4) is 0 Å². The monoisotopic (exact) mass is 232 g/mol. The van der Waals surface area contributed by atoms with Gasteiger partial charge in [-0.25, -0.2) is 0 Å². The fraction of sp³-hybridized carbons (Fsp3) is 0.154. The number of nitrogens with zero attached hydrogens (tertiary/aromatic N) is 1. The van der Waals surface area contributed by atoms with Crippen LogP contribution in [0.15, 0.2) is 30.6 Å². The summed E-state index contributed by atoms with van der Waals surface area (Å²) in [6.07, 6.45) is 3.42. The van der Waals surface area contributed by atoms with E-state index in [9.17, 15) is 0 Å². The number of benzene rings is 1. The van der Waals surface area contributed by atoms with Crippen molar-refractivity contribution < 1.29 is 0 Å². The van der Waals surface area contributed by atoms with Gasteiger partial charge in [-0.05, 0) is 43.2 Å². The largest absolute Gasteiger partial charge is 0.398 e. The van der Waals surface area contributed by atoms with Gasteiger partial charge < -0.3 is 5.73 Å². The van der Waals surface area contributed by atoms with Crippen LogP contribution in [-0.2, 0) is 0 Å². The van der Waals surface area contributed by atoms with Gasteiger partial charge in [0.05, 0.1) is 0 Å². The van der Waals surface area contributed by atoms with E-state index in [0.29, 0.717) is 10.7 Å². The quantitative estimate of drug-likeness (QED) is 0.816. The van der Waals surface area contributed by atoms with Gasteiger partial charge in [0.15, 0.2) is 0 Å². The second kappa shape index (κ2) is 4.14. The maximum absolute atomic E-state index is 6.22. The van der Waals surface area contributed by atoms with Crippen molar-refractivity contribution in [3.63, 3.8) is 0 Å². The zero-order valence-electron chi connectivity index (χ0n) is 9.29. The van der Waals surface area contributed by atoms with Gasteiger partial charge in [0.25, 0.3) is 0 Å². The fourth-order valence-corrected chi connectivity index (χ4v) is 1.94. The molecule has 0 radical (unpaired) electrons. The smallest absolute Gasteiger partial charge is 0.0488 e. The maximum Gasteiger partial charge on any atom is 0.0488 e. The highest BCUT2D eigenvalue weighted by atomic mass is 35.5. The van der Waals surface area contributed by atoms with Gasteiger partial charge in [-0.15, -0.1) is 0 Å². The van der Waals surface area contributed by atoms with Crippen LogP contribution >= 0.6 is 11.6 Å². The molecule has 1 aromatic carbocycles. The van der Waals surface area contributed by atoms with E-state index >= 15 is 0 Å². The van der Waals surface area contributed by atoms with Gasteiger partial charge in [-0.3, -0.25) is 4.98 Å². The maximum atomic E-state index is 6.22. The molecule has 0 fully saturated rings. The Bertz CT molecular complexity index is 535. The second-order valence-corrected chi connectivity index (χ2v) is 4.29. The molecule has 2 nitrogen and oxygen atoms in total. The summed E-state index contributed by atoms with van der Waals surface area (Å²) in [4.78, 5) is 4.08. The molecule has 3 heteroatoms. The van der Waals surface area contributed by atoms with Crippen LogP contribution in [0.2, 0.25) is 5.02 Å². The molecule has 0 spiro atoms. The van der Waals surface area contributed by atoms with E-state index in [1.165, 1.54) is 11.1 Å². The fourth-order valence-electron chi connectivity index (χ4n) is 1.62. The van der Waals surface area contributed by atoms with Crippen LogP contribution in [0, 0.1) is 13.8 Å². The van der Waals surface area contributed by atoms with Crippen LogP contribution in [0.5, 0.6) is 0 Å². The van der Waals surface area contributed by atoms with Crippen LogP contribution in [0.4, 0.5) is 5.69 Å². The van der Waals surface area contributed by atoms with Crippen LogP contribution < -0.4 is 5.73 Å². The van der Waals surface area contributed by atoms with Crippen molar-refractivity contribution in [1.29, 1.82) is 0 Å². The van der Waals surface area contributed by atoms with E-state index in [1.807, 2.05) is 19.1 Å². The number of rotatable bonds is 1. The molecule has 0 aliphatic heterocycles. The van der Waals surface area contributed by atoms with Crippen molar-refractivity contribution in [2.24, 2.45) is 0 Å². The Kier molecular flexibility index (Phi) is 2.84. The predicted molar refractivity (Wildman–Crippen MR) is 68.6 cm³/mol. The number of nitrogens with two attached hydrogens (primary N) is 1. The zero-order valence-corrected chi connectivity index (χ0v) is 10.0. The van der Waals surface area contributed by atoms with E-state index in [-0.39, 0.29) is 0 Å². The first kappa shape index (κ1) is 11.0. The van der Waals surface area contributed by atoms with E-state index in [2.05, 4.69) is 11.9 Å². The summed E-state index contributed by atoms with van der Waals surface area (Å²) in [6, 6.07) is 5.78. The molecule has 2 aromatic rings. The minimum atomic E-state index is 0.695. The molecule has 16 heavy (non-hydrogen) atoms. The summed E-state index contributed by atoms with van der Waals surface area (Å²) in [5.74, 6) is 0. The number of nitrogen functional groups attached to an aromatic ring is 1. The van der Waals surface area contributed by atoms with Gasteiger partial charge in [-0.2, -0.15) is 0 Å². The third kappa shape index (κ3) is 1.89. The third-order valence-electron chi connectivity index (χ3n) is 2.73. The number of aryl methyl sites for hydroxylation is 2. The molecular weight excluding hydrogens is 220 g/mol. The average molecular weight is 233 g/mol. The molecule has 0 bridgehead atoms. The van der Waals surface area contributed by atoms with Crippen LogP contribution in [0.1, 0.15) is 11.1 Å². The summed E-state index contributed by atoms with van der Waals surface area (Å²) in [7, 11) is 0. The molecular formula is C13H13ClN2. The number of aromatic nitrogens is 1. The lowest BCUT2D eigenvalue weighted by Crippen LogP contribution is -1.93. The first-order chi connectivity index (χ1) is 7.59. The standard InChI is InChI=1S/C13H13ClN2/c1-8-5-10(12(14)6-9(8)2)11-7-16-4-3-13(11)15/h3-7H,1-2H3,(H2,15,16). The van der Waals surface area contributed by atoms with Crippen molar-refractivity contribution in [1.82, 2.24) is 4.98 Å². The van der Waals surface area contributed by atoms with E-state index in [0.717, 1.165) is 11.1 Å². The molecule has 0 aliphatic rings. The first-order valence-corrected chi connectivity index (χ1v) is 5.44. The summed E-state index contributed by atoms with van der Waals surface area (Å²) < 4.78 is 0. The Morgan fingerprint density at radius 2 is 1.81 bits per heavy atom. The summed E-state index contributed by atoms with van der Waals surface area (Å²) >= 11 is 6.22. The molecule has 0 atom stereocenters. The Labute approximate surface area is 100 Å². The predicted octanol–water partition coefficient (Wildman–Crippen LogP) is 3.60. The molecule has 2 rings (SSSR count). The zero-order chi connectivity index (χ0) is 11.7. The minimum absolute atomic E-state index is 0.695. The lowest BCUT2D eigenvalue weighted by molar-refractivity contribution is 1.31. The topological polar surface area (TPSA) is 38.9 Å². The average Bonchev–Trinajstić information content (AvgIpc) is 2.25. The van der Waals surface area contributed by atoms with Gasteiger partial charge in [0.1, 0.15) is 0 Å². The Hall–Kier alpha value is -1.54. The highest BCUT2D eigenvalue weighted by Gasteiger charge is 2.08. The molecule has 0 amide bonds. The molecule has 0 unspecified atom stereocenters. The number of pyridine rings is 1. The summed E-state index contributed by atoms with van der Waals surface area (Å²) in [5.41, 5.74) is 10.8. The van der Waals surface area contributed by atoms with Crippen molar-refractivity contribution in [3.8, 4) is 11.1 Å². The molecule has 1 aromatic heterocycles. The van der Waals surface area contributed by atoms with E-state index in [4.69, 9.17) is 17.3 Å². The number of hydrogen-bond donors (Lipinski definition) is 1. The van der Waals surface area contributed by atoms with Gasteiger partial charge >= 0.3 is 0 Å². The number of hydrogen-bond acceptors (Lipinski definition) is 2. The van der Waals surface area contributed by atoms with Crippen molar-refractivity contribution in [2.45, 2.75) is 13.8 Å². The lowest BCUT2D eigenvalue weighted by atomic mass is 10.0. The van der Waals surface area contributed by atoms with Crippen LogP contribution in [-0.4, -0.2) is 4.98 Å². The SMILES string of the molecule is Cc1cc(Cl)c(-c2cnccc2N)cc1C. The van der Waals surface area contributed by atoms with Crippen molar-refractivity contribution in [3.05, 3.63) is 46.7 Å². The Balaban J connectivity index is 2.65. The van der Waals surface area contributed by atoms with Crippen LogP contribution in [0.25, 0.3) is 11.1 Å². The molecule has 0 saturated heterocycles. The molecule has 2 N–H and O–H groups in total. The van der Waals surface area contributed by atoms with Gasteiger partial charge in [0, 0.05) is 34.2 Å². The minimum Gasteiger partial charge on any atom is -0.398 e. The van der Waals surface area contributed by atoms with E-state index < -0.39 is 0 Å². The van der Waals surface area contributed by atoms with Gasteiger partial charge in [-0.1, -0.05) is 11.6 Å². The molecule has 0 saturated carbocycles. The number of anilines is 1. The highest BCUT2D eigenvalue weighted by Crippen LogP contribution is 2.33. The third-order valence-corrected chi connectivity index (χ3v) is 3.04. The molecule has 1 heterocycles. The van der Waals surface area contributed by atoms with Crippen molar-refractivity contribution in [2.75, 3.05) is 5.73 Å². The molecule has 0 aliphatic carbocycles. The molecule has 82 valence electrons. The normalized spacial score (nSPS) is 10.4. The van der Waals surface area contributed by atoms with E-state index in [1.54, 1.807) is 18.5 Å². The Morgan fingerprint density at radius 3 is 2.50 bits per heavy atom. The Morgan fingerprint density at radius 1 is 1.12 bits per heavy atom. The summed E-state index contributed by atoms with van der Waals surface area (Å²) in [6.45, 7) is 4.10.